The standard InChI is InChI=1S/C27H30F6O/c1-4-16-6-8-17(9-7-16)12-14-25(3)15-13-19-18-10-11-20(34-5-2)23(28)21(18)26(30,31)27(32,33)22(19)24(25)29/h4,10-11,13,15-17,24H,1,5-9,12,14H2,2-3H3. The van der Waals surface area contributed by atoms with Gasteiger partial charge in [0.1, 0.15) is 6.17 Å². The molecule has 3 aliphatic carbocycles. The summed E-state index contributed by atoms with van der Waals surface area (Å²) in [6.45, 7) is 6.82. The topological polar surface area (TPSA) is 9.23 Å². The van der Waals surface area contributed by atoms with E-state index < -0.39 is 51.7 Å². The van der Waals surface area contributed by atoms with Crippen LogP contribution < -0.4 is 4.74 Å². The largest absolute Gasteiger partial charge is 0.491 e. The van der Waals surface area contributed by atoms with Gasteiger partial charge >= 0.3 is 11.8 Å². The van der Waals surface area contributed by atoms with Crippen LogP contribution in [0.2, 0.25) is 0 Å². The van der Waals surface area contributed by atoms with Crippen LogP contribution in [-0.4, -0.2) is 18.7 Å². The number of allylic oxidation sites excluding steroid dienone is 5. The van der Waals surface area contributed by atoms with Gasteiger partial charge in [0.15, 0.2) is 11.6 Å². The minimum absolute atomic E-state index is 0.0222. The van der Waals surface area contributed by atoms with Crippen molar-refractivity contribution in [2.75, 3.05) is 6.61 Å². The number of alkyl halides is 5. The molecule has 1 aromatic rings. The Morgan fingerprint density at radius 2 is 1.76 bits per heavy atom. The predicted molar refractivity (Wildman–Crippen MR) is 120 cm³/mol. The fourth-order valence-electron chi connectivity index (χ4n) is 5.60. The van der Waals surface area contributed by atoms with E-state index in [9.17, 15) is 4.39 Å². The van der Waals surface area contributed by atoms with Crippen LogP contribution in [0.15, 0.2) is 42.5 Å². The molecule has 0 N–H and O–H groups in total. The zero-order valence-electron chi connectivity index (χ0n) is 19.5. The maximum absolute atomic E-state index is 15.8. The summed E-state index contributed by atoms with van der Waals surface area (Å²) in [4.78, 5) is 0. The molecule has 0 radical (unpaired) electrons. The highest BCUT2D eigenvalue weighted by Gasteiger charge is 2.68. The Balaban J connectivity index is 1.67. The van der Waals surface area contributed by atoms with Crippen LogP contribution in [0.4, 0.5) is 26.3 Å². The third-order valence-electron chi connectivity index (χ3n) is 7.81. The Morgan fingerprint density at radius 1 is 1.09 bits per heavy atom. The van der Waals surface area contributed by atoms with E-state index in [1.165, 1.54) is 26.0 Å². The van der Waals surface area contributed by atoms with Gasteiger partial charge in [0, 0.05) is 11.0 Å². The molecule has 4 rings (SSSR count). The van der Waals surface area contributed by atoms with E-state index in [0.29, 0.717) is 18.3 Å². The van der Waals surface area contributed by atoms with Gasteiger partial charge in [-0.15, -0.1) is 6.58 Å². The molecule has 0 amide bonds. The fraction of sp³-hybridized carbons (Fsp3) is 0.556. The van der Waals surface area contributed by atoms with Gasteiger partial charge in [0.25, 0.3) is 0 Å². The molecular formula is C27H30F6O. The number of benzene rings is 1. The summed E-state index contributed by atoms with van der Waals surface area (Å²) in [5.41, 5.74) is -4.84. The molecule has 1 fully saturated rings. The summed E-state index contributed by atoms with van der Waals surface area (Å²) in [5, 5.41) is 0. The summed E-state index contributed by atoms with van der Waals surface area (Å²) in [6, 6.07) is 2.23. The highest BCUT2D eigenvalue weighted by atomic mass is 19.3. The molecule has 0 heterocycles. The van der Waals surface area contributed by atoms with Crippen LogP contribution in [-0.2, 0) is 5.92 Å². The van der Waals surface area contributed by atoms with Crippen molar-refractivity contribution < 1.29 is 31.1 Å². The Morgan fingerprint density at radius 3 is 2.38 bits per heavy atom. The first-order valence-electron chi connectivity index (χ1n) is 11.9. The molecule has 2 atom stereocenters. The van der Waals surface area contributed by atoms with Crippen molar-refractivity contribution in [3.8, 4) is 5.75 Å². The molecule has 1 aromatic carbocycles. The van der Waals surface area contributed by atoms with E-state index in [1.54, 1.807) is 0 Å². The van der Waals surface area contributed by atoms with E-state index in [1.807, 2.05) is 6.08 Å². The highest BCUT2D eigenvalue weighted by molar-refractivity contribution is 5.85. The Hall–Kier alpha value is -2.18. The molecule has 0 spiro atoms. The summed E-state index contributed by atoms with van der Waals surface area (Å²) in [5.74, 6) is -11.1. The maximum atomic E-state index is 15.8. The third kappa shape index (κ3) is 3.79. The molecular weight excluding hydrogens is 454 g/mol. The van der Waals surface area contributed by atoms with Crippen molar-refractivity contribution >= 4 is 5.57 Å². The van der Waals surface area contributed by atoms with Crippen LogP contribution in [0.1, 0.15) is 63.5 Å². The Kier molecular flexibility index (Phi) is 6.45. The first-order chi connectivity index (χ1) is 16.0. The second-order valence-electron chi connectivity index (χ2n) is 9.97. The predicted octanol–water partition coefficient (Wildman–Crippen LogP) is 8.41. The lowest BCUT2D eigenvalue weighted by atomic mass is 9.66. The van der Waals surface area contributed by atoms with Gasteiger partial charge < -0.3 is 4.74 Å². The zero-order chi connectivity index (χ0) is 24.9. The minimum Gasteiger partial charge on any atom is -0.491 e. The van der Waals surface area contributed by atoms with Gasteiger partial charge in [-0.05, 0) is 80.6 Å². The minimum atomic E-state index is -4.92. The third-order valence-corrected chi connectivity index (χ3v) is 7.81. The monoisotopic (exact) mass is 484 g/mol. The van der Waals surface area contributed by atoms with Crippen molar-refractivity contribution in [1.82, 2.24) is 0 Å². The van der Waals surface area contributed by atoms with Gasteiger partial charge in [-0.3, -0.25) is 0 Å². The molecule has 1 saturated carbocycles. The SMILES string of the molecule is C=CC1CCC(CCC2(C)C=CC3=C(C2F)C(F)(F)C(F)(F)c2c3ccc(OCC)c2F)CC1. The number of hydrogen-bond donors (Lipinski definition) is 0. The molecule has 0 aliphatic heterocycles. The van der Waals surface area contributed by atoms with Crippen molar-refractivity contribution in [3.63, 3.8) is 0 Å². The van der Waals surface area contributed by atoms with Gasteiger partial charge in [-0.1, -0.05) is 25.2 Å². The van der Waals surface area contributed by atoms with E-state index >= 15 is 22.0 Å². The van der Waals surface area contributed by atoms with E-state index in [-0.39, 0.29) is 18.6 Å². The normalized spacial score (nSPS) is 31.6. The second-order valence-corrected chi connectivity index (χ2v) is 9.97. The number of fused-ring (bicyclic) bond motifs is 2. The number of hydrogen-bond acceptors (Lipinski definition) is 1. The average Bonchev–Trinajstić information content (AvgIpc) is 2.80. The first-order valence-corrected chi connectivity index (χ1v) is 11.9. The lowest BCUT2D eigenvalue weighted by molar-refractivity contribution is -0.202. The maximum Gasteiger partial charge on any atom is 0.343 e. The van der Waals surface area contributed by atoms with Gasteiger partial charge in [-0.2, -0.15) is 17.6 Å². The van der Waals surface area contributed by atoms with Crippen molar-refractivity contribution in [1.29, 1.82) is 0 Å². The summed E-state index contributed by atoms with van der Waals surface area (Å²) in [6.07, 6.45) is 7.14. The smallest absolute Gasteiger partial charge is 0.343 e. The molecule has 0 aromatic heterocycles. The van der Waals surface area contributed by atoms with Crippen molar-refractivity contribution in [2.24, 2.45) is 17.3 Å². The van der Waals surface area contributed by atoms with Gasteiger partial charge in [0.05, 0.1) is 12.2 Å². The van der Waals surface area contributed by atoms with Crippen LogP contribution in [0.25, 0.3) is 5.57 Å². The average molecular weight is 485 g/mol. The molecule has 3 aliphatic rings. The number of rotatable bonds is 6. The Labute approximate surface area is 196 Å². The highest BCUT2D eigenvalue weighted by Crippen LogP contribution is 2.61. The van der Waals surface area contributed by atoms with E-state index in [2.05, 4.69) is 6.58 Å². The number of ether oxygens (including phenoxy) is 1. The van der Waals surface area contributed by atoms with E-state index in [0.717, 1.165) is 37.8 Å². The van der Waals surface area contributed by atoms with Crippen LogP contribution >= 0.6 is 0 Å². The molecule has 0 bridgehead atoms. The van der Waals surface area contributed by atoms with Crippen LogP contribution in [0, 0.1) is 23.1 Å². The first kappa shape index (κ1) is 24.9. The lowest BCUT2D eigenvalue weighted by Crippen LogP contribution is -2.50. The molecule has 2 unspecified atom stereocenters. The fourth-order valence-corrected chi connectivity index (χ4v) is 5.60. The van der Waals surface area contributed by atoms with Crippen molar-refractivity contribution in [3.05, 3.63) is 59.5 Å². The summed E-state index contributed by atoms with van der Waals surface area (Å²) < 4.78 is 96.5. The van der Waals surface area contributed by atoms with Crippen LogP contribution in [0.3, 0.4) is 0 Å². The Bertz CT molecular complexity index is 1020. The summed E-state index contributed by atoms with van der Waals surface area (Å²) in [7, 11) is 0. The quantitative estimate of drug-likeness (QED) is 0.291. The number of halogens is 6. The summed E-state index contributed by atoms with van der Waals surface area (Å²) >= 11 is 0. The molecule has 34 heavy (non-hydrogen) atoms. The molecule has 1 nitrogen and oxygen atoms in total. The van der Waals surface area contributed by atoms with E-state index in [4.69, 9.17) is 4.74 Å². The lowest BCUT2D eigenvalue weighted by Gasteiger charge is -2.44. The molecule has 0 saturated heterocycles. The second kappa shape index (κ2) is 8.80. The van der Waals surface area contributed by atoms with Gasteiger partial charge in [-0.25, -0.2) is 8.78 Å². The molecule has 7 heteroatoms. The van der Waals surface area contributed by atoms with Gasteiger partial charge in [0.2, 0.25) is 0 Å². The van der Waals surface area contributed by atoms with Crippen LogP contribution in [0.5, 0.6) is 5.75 Å². The zero-order valence-corrected chi connectivity index (χ0v) is 19.5. The van der Waals surface area contributed by atoms with Crippen molar-refractivity contribution in [2.45, 2.75) is 70.4 Å². The molecule has 186 valence electrons.